The Hall–Kier alpha value is -0.420. The molecule has 4 fully saturated rings. The van der Waals surface area contributed by atoms with E-state index >= 15 is 0 Å². The molecule has 0 aromatic rings. The summed E-state index contributed by atoms with van der Waals surface area (Å²) >= 11 is 4.03. The van der Waals surface area contributed by atoms with Gasteiger partial charge in [0.1, 0.15) is 5.78 Å². The highest BCUT2D eigenvalue weighted by Gasteiger charge is 2.70. The van der Waals surface area contributed by atoms with Crippen LogP contribution >= 0.6 is 15.9 Å². The molecule has 4 aliphatic rings. The fraction of sp³-hybridized carbons (Fsp3) is 0.929. The number of halogens is 1. The summed E-state index contributed by atoms with van der Waals surface area (Å²) in [5.41, 5.74) is -0.109. The van der Waals surface area contributed by atoms with Crippen molar-refractivity contribution >= 4 is 27.7 Å². The third kappa shape index (κ3) is 3.77. The molecular weight excluding hydrogens is 480 g/mol. The van der Waals surface area contributed by atoms with Crippen LogP contribution in [-0.2, 0) is 14.3 Å². The van der Waals surface area contributed by atoms with Gasteiger partial charge in [-0.2, -0.15) is 0 Å². The first-order valence-corrected chi connectivity index (χ1v) is 14.4. The zero-order valence-corrected chi connectivity index (χ0v) is 23.1. The highest BCUT2D eigenvalue weighted by molar-refractivity contribution is 9.09. The predicted molar refractivity (Wildman–Crippen MR) is 134 cm³/mol. The number of methoxy groups -OCH3 is 1. The molecule has 12 atom stereocenters. The van der Waals surface area contributed by atoms with Crippen LogP contribution < -0.4 is 0 Å². The Bertz CT molecular complexity index is 769. The molecule has 0 aromatic heterocycles. The molecule has 188 valence electrons. The summed E-state index contributed by atoms with van der Waals surface area (Å²) in [4.78, 5) is 25.9. The fourth-order valence-electron chi connectivity index (χ4n) is 9.50. The average molecular weight is 526 g/mol. The molecule has 0 saturated heterocycles. The first-order valence-electron chi connectivity index (χ1n) is 13.4. The van der Waals surface area contributed by atoms with Crippen LogP contribution in [0.15, 0.2) is 0 Å². The highest BCUT2D eigenvalue weighted by Crippen LogP contribution is 2.70. The second-order valence-electron chi connectivity index (χ2n) is 12.6. The van der Waals surface area contributed by atoms with E-state index in [9.17, 15) is 14.7 Å². The molecule has 33 heavy (non-hydrogen) atoms. The Balaban J connectivity index is 1.69. The standard InChI is InChI=1S/C28H45BrO4/c1-7-17-20-14-15(2)12-13-27(20,4)23-22(24(17)31)19-10-9-18(16(3)8-11-21(30)33-6)28(19,5)26(29)25(23)32/h15-20,22-23,25-26,32H,7-14H2,1-6H3/t15-,16-,17-,18-,19?,20+,22?,23?,25?,26?,27+,28-/m1/s1. The Morgan fingerprint density at radius 2 is 1.94 bits per heavy atom. The zero-order valence-electron chi connectivity index (χ0n) is 21.5. The summed E-state index contributed by atoms with van der Waals surface area (Å²) in [6.45, 7) is 11.5. The van der Waals surface area contributed by atoms with Gasteiger partial charge in [0.2, 0.25) is 0 Å². The molecule has 4 aliphatic carbocycles. The van der Waals surface area contributed by atoms with Crippen molar-refractivity contribution in [3.63, 3.8) is 0 Å². The van der Waals surface area contributed by atoms with E-state index in [2.05, 4.69) is 50.5 Å². The van der Waals surface area contributed by atoms with Crippen molar-refractivity contribution in [3.05, 3.63) is 0 Å². The third-order valence-corrected chi connectivity index (χ3v) is 12.8. The molecule has 0 heterocycles. The number of ether oxygens (including phenoxy) is 1. The van der Waals surface area contributed by atoms with Crippen LogP contribution in [0, 0.1) is 58.2 Å². The molecule has 1 N–H and O–H groups in total. The van der Waals surface area contributed by atoms with Gasteiger partial charge in [-0.25, -0.2) is 0 Å². The van der Waals surface area contributed by atoms with Crippen LogP contribution in [0.25, 0.3) is 0 Å². The van der Waals surface area contributed by atoms with E-state index in [1.807, 2.05) is 0 Å². The molecule has 4 rings (SSSR count). The number of aliphatic hydroxyl groups excluding tert-OH is 1. The van der Waals surface area contributed by atoms with E-state index in [1.165, 1.54) is 13.5 Å². The average Bonchev–Trinajstić information content (AvgIpc) is 3.14. The summed E-state index contributed by atoms with van der Waals surface area (Å²) in [5, 5.41) is 11.9. The van der Waals surface area contributed by atoms with E-state index in [4.69, 9.17) is 4.74 Å². The topological polar surface area (TPSA) is 63.6 Å². The minimum absolute atomic E-state index is 0.0212. The maximum atomic E-state index is 14.2. The molecule has 4 saturated carbocycles. The number of ketones is 1. The van der Waals surface area contributed by atoms with Gasteiger partial charge in [0.25, 0.3) is 0 Å². The lowest BCUT2D eigenvalue weighted by Crippen LogP contribution is -2.67. The third-order valence-electron chi connectivity index (χ3n) is 11.2. The number of hydrogen-bond donors (Lipinski definition) is 1. The molecule has 5 heteroatoms. The molecule has 5 unspecified atom stereocenters. The van der Waals surface area contributed by atoms with Crippen molar-refractivity contribution in [2.24, 2.45) is 58.2 Å². The Kier molecular flexibility index (Phi) is 7.17. The first-order chi connectivity index (χ1) is 15.5. The van der Waals surface area contributed by atoms with Gasteiger partial charge in [-0.05, 0) is 78.9 Å². The number of alkyl halides is 1. The maximum absolute atomic E-state index is 14.2. The SMILES string of the molecule is CC[C@H]1C(=O)C2C3CC[C@H]([C@H](C)CCC(=O)OC)[C@@]3(C)C(Br)C(O)C2[C@@]2(C)CC[C@@H](C)C[C@@H]12. The van der Waals surface area contributed by atoms with Crippen molar-refractivity contribution in [1.29, 1.82) is 0 Å². The Morgan fingerprint density at radius 3 is 2.58 bits per heavy atom. The van der Waals surface area contributed by atoms with Gasteiger partial charge in [0.05, 0.1) is 13.2 Å². The highest BCUT2D eigenvalue weighted by atomic mass is 79.9. The first kappa shape index (κ1) is 25.7. The monoisotopic (exact) mass is 524 g/mol. The van der Waals surface area contributed by atoms with Gasteiger partial charge in [-0.3, -0.25) is 9.59 Å². The molecule has 0 amide bonds. The molecule has 0 radical (unpaired) electrons. The number of rotatable bonds is 5. The summed E-state index contributed by atoms with van der Waals surface area (Å²) in [5.74, 6) is 2.56. The normalized spacial score (nSPS) is 50.2. The van der Waals surface area contributed by atoms with Gasteiger partial charge in [-0.1, -0.05) is 57.0 Å². The Morgan fingerprint density at radius 1 is 1.24 bits per heavy atom. The minimum atomic E-state index is -0.507. The van der Waals surface area contributed by atoms with Gasteiger partial charge >= 0.3 is 5.97 Å². The summed E-state index contributed by atoms with van der Waals surface area (Å²) in [7, 11) is 1.45. The van der Waals surface area contributed by atoms with Crippen molar-refractivity contribution in [1.82, 2.24) is 0 Å². The lowest BCUT2D eigenvalue weighted by atomic mass is 9.40. The smallest absolute Gasteiger partial charge is 0.305 e. The molecular formula is C28H45BrO4. The number of Topliss-reactive ketones (excluding diaryl/α,β-unsaturated/α-hetero) is 1. The number of carbonyl (C=O) groups is 2. The number of hydrogen-bond acceptors (Lipinski definition) is 4. The van der Waals surface area contributed by atoms with Crippen LogP contribution in [0.3, 0.4) is 0 Å². The number of esters is 1. The summed E-state index contributed by atoms with van der Waals surface area (Å²) < 4.78 is 4.88. The van der Waals surface area contributed by atoms with Gasteiger partial charge in [0, 0.05) is 29.0 Å². The van der Waals surface area contributed by atoms with Gasteiger partial charge in [-0.15, -0.1) is 0 Å². The summed E-state index contributed by atoms with van der Waals surface area (Å²) in [6.07, 6.45) is 7.23. The van der Waals surface area contributed by atoms with Crippen LogP contribution in [0.4, 0.5) is 0 Å². The van der Waals surface area contributed by atoms with Crippen LogP contribution in [0.2, 0.25) is 0 Å². The number of fused-ring (bicyclic) bond motifs is 5. The van der Waals surface area contributed by atoms with Crippen molar-refractivity contribution in [3.8, 4) is 0 Å². The largest absolute Gasteiger partial charge is 0.469 e. The molecule has 4 nitrogen and oxygen atoms in total. The molecule has 0 bridgehead atoms. The van der Waals surface area contributed by atoms with E-state index in [0.717, 1.165) is 38.5 Å². The molecule has 0 spiro atoms. The second kappa shape index (κ2) is 9.22. The van der Waals surface area contributed by atoms with E-state index in [0.29, 0.717) is 41.8 Å². The quantitative estimate of drug-likeness (QED) is 0.352. The van der Waals surface area contributed by atoms with E-state index in [1.54, 1.807) is 0 Å². The molecule has 0 aliphatic heterocycles. The van der Waals surface area contributed by atoms with E-state index < -0.39 is 6.10 Å². The number of carbonyl (C=O) groups excluding carboxylic acids is 2. The van der Waals surface area contributed by atoms with Crippen molar-refractivity contribution in [2.75, 3.05) is 7.11 Å². The maximum Gasteiger partial charge on any atom is 0.305 e. The van der Waals surface area contributed by atoms with Gasteiger partial charge in [0.15, 0.2) is 0 Å². The van der Waals surface area contributed by atoms with Crippen molar-refractivity contribution in [2.45, 2.75) is 96.9 Å². The fourth-order valence-corrected chi connectivity index (χ4v) is 10.5. The molecule has 0 aromatic carbocycles. The lowest BCUT2D eigenvalue weighted by molar-refractivity contribution is -0.191. The van der Waals surface area contributed by atoms with Crippen LogP contribution in [0.5, 0.6) is 0 Å². The van der Waals surface area contributed by atoms with Crippen molar-refractivity contribution < 1.29 is 19.4 Å². The predicted octanol–water partition coefficient (Wildman–Crippen LogP) is 6.03. The second-order valence-corrected chi connectivity index (χ2v) is 13.6. The van der Waals surface area contributed by atoms with Gasteiger partial charge < -0.3 is 9.84 Å². The lowest BCUT2D eigenvalue weighted by Gasteiger charge is -2.65. The van der Waals surface area contributed by atoms with E-state index in [-0.39, 0.29) is 39.4 Å². The Labute approximate surface area is 209 Å². The minimum Gasteiger partial charge on any atom is -0.469 e. The summed E-state index contributed by atoms with van der Waals surface area (Å²) in [6, 6.07) is 0. The number of aliphatic hydroxyl groups is 1. The van der Waals surface area contributed by atoms with Crippen LogP contribution in [-0.4, -0.2) is 34.9 Å². The zero-order chi connectivity index (χ0) is 24.3. The van der Waals surface area contributed by atoms with Crippen LogP contribution in [0.1, 0.15) is 86.0 Å².